The Morgan fingerprint density at radius 1 is 1.00 bits per heavy atom. The van der Waals surface area contributed by atoms with Crippen molar-refractivity contribution in [3.63, 3.8) is 0 Å². The average Bonchev–Trinajstić information content (AvgIpc) is 2.77. The quantitative estimate of drug-likeness (QED) is 0.688. The summed E-state index contributed by atoms with van der Waals surface area (Å²) in [5.74, 6) is 1.03. The summed E-state index contributed by atoms with van der Waals surface area (Å²) in [6.07, 6.45) is 0. The first-order chi connectivity index (χ1) is 11.7. The van der Waals surface area contributed by atoms with E-state index in [0.29, 0.717) is 28.2 Å². The summed E-state index contributed by atoms with van der Waals surface area (Å²) in [5, 5.41) is 9.26. The van der Waals surface area contributed by atoms with Gasteiger partial charge in [0, 0.05) is 11.2 Å². The van der Waals surface area contributed by atoms with Crippen molar-refractivity contribution in [3.05, 3.63) is 48.0 Å². The molecule has 1 aliphatic heterocycles. The highest BCUT2D eigenvalue weighted by atomic mass is 16.7. The molecule has 2 N–H and O–H groups in total. The lowest BCUT2D eigenvalue weighted by atomic mass is 9.78. The molecular formula is C19H21BN2O3. The largest absolute Gasteiger partial charge is 0.498 e. The van der Waals surface area contributed by atoms with Gasteiger partial charge in [-0.15, -0.1) is 0 Å². The minimum atomic E-state index is -0.599. The maximum absolute atomic E-state index is 9.26. The standard InChI is InChI=1S/C19H21BN2O3/c1-18(2)19(3,4)25-20(24-18)15-11-14(22)9-10-17(15)23-16-8-6-5-7-13(16)12-21/h5-11H,22H2,1-4H3. The molecule has 3 rings (SSSR count). The molecule has 0 aliphatic carbocycles. The highest BCUT2D eigenvalue weighted by molar-refractivity contribution is 6.63. The van der Waals surface area contributed by atoms with Crippen molar-refractivity contribution in [2.24, 2.45) is 0 Å². The van der Waals surface area contributed by atoms with Gasteiger partial charge in [0.05, 0.1) is 16.8 Å². The lowest BCUT2D eigenvalue weighted by molar-refractivity contribution is 0.00578. The van der Waals surface area contributed by atoms with E-state index in [2.05, 4.69) is 6.07 Å². The van der Waals surface area contributed by atoms with E-state index in [4.69, 9.17) is 19.8 Å². The van der Waals surface area contributed by atoms with Crippen LogP contribution >= 0.6 is 0 Å². The predicted octanol–water partition coefficient (Wildman–Crippen LogP) is 3.23. The Morgan fingerprint density at radius 2 is 1.64 bits per heavy atom. The smallest absolute Gasteiger partial charge is 0.456 e. The third kappa shape index (κ3) is 3.21. The molecule has 0 radical (unpaired) electrons. The van der Waals surface area contributed by atoms with Crippen LogP contribution in [0.25, 0.3) is 0 Å². The van der Waals surface area contributed by atoms with E-state index in [0.717, 1.165) is 0 Å². The van der Waals surface area contributed by atoms with Crippen LogP contribution in [0.2, 0.25) is 0 Å². The van der Waals surface area contributed by atoms with Crippen molar-refractivity contribution in [1.29, 1.82) is 5.26 Å². The first-order valence-corrected chi connectivity index (χ1v) is 8.15. The normalized spacial score (nSPS) is 18.0. The topological polar surface area (TPSA) is 77.5 Å². The van der Waals surface area contributed by atoms with E-state index in [-0.39, 0.29) is 0 Å². The van der Waals surface area contributed by atoms with Crippen LogP contribution in [0.5, 0.6) is 11.5 Å². The van der Waals surface area contributed by atoms with Crippen molar-refractivity contribution in [2.45, 2.75) is 38.9 Å². The summed E-state index contributed by atoms with van der Waals surface area (Å²) in [6, 6.07) is 14.5. The van der Waals surface area contributed by atoms with Gasteiger partial charge in [-0.05, 0) is 58.0 Å². The van der Waals surface area contributed by atoms with Crippen molar-refractivity contribution < 1.29 is 14.0 Å². The molecule has 0 unspecified atom stereocenters. The Morgan fingerprint density at radius 3 is 2.28 bits per heavy atom. The lowest BCUT2D eigenvalue weighted by Crippen LogP contribution is -2.41. The number of nitrogens with zero attached hydrogens (tertiary/aromatic N) is 1. The van der Waals surface area contributed by atoms with Gasteiger partial charge in [0.2, 0.25) is 0 Å². The summed E-state index contributed by atoms with van der Waals surface area (Å²) >= 11 is 0. The van der Waals surface area contributed by atoms with Crippen LogP contribution in [-0.4, -0.2) is 18.3 Å². The zero-order chi connectivity index (χ0) is 18.2. The van der Waals surface area contributed by atoms with E-state index < -0.39 is 18.3 Å². The average molecular weight is 336 g/mol. The molecule has 0 aromatic heterocycles. The summed E-state index contributed by atoms with van der Waals surface area (Å²) in [5.41, 5.74) is 6.77. The number of ether oxygens (including phenoxy) is 1. The second kappa shape index (κ2) is 6.10. The number of benzene rings is 2. The molecule has 1 saturated heterocycles. The van der Waals surface area contributed by atoms with Gasteiger partial charge in [0.15, 0.2) is 0 Å². The number of hydrogen-bond acceptors (Lipinski definition) is 5. The summed E-state index contributed by atoms with van der Waals surface area (Å²) in [4.78, 5) is 0. The van der Waals surface area contributed by atoms with Gasteiger partial charge in [-0.1, -0.05) is 12.1 Å². The molecule has 128 valence electrons. The van der Waals surface area contributed by atoms with Crippen LogP contribution in [-0.2, 0) is 9.31 Å². The van der Waals surface area contributed by atoms with E-state index in [1.807, 2.05) is 33.8 Å². The van der Waals surface area contributed by atoms with Crippen LogP contribution in [0.4, 0.5) is 5.69 Å². The van der Waals surface area contributed by atoms with Gasteiger partial charge in [0.1, 0.15) is 17.6 Å². The molecule has 5 nitrogen and oxygen atoms in total. The Hall–Kier alpha value is -2.49. The van der Waals surface area contributed by atoms with Crippen LogP contribution in [0, 0.1) is 11.3 Å². The Labute approximate surface area is 148 Å². The third-order valence-electron chi connectivity index (χ3n) is 4.77. The minimum Gasteiger partial charge on any atom is -0.456 e. The summed E-state index contributed by atoms with van der Waals surface area (Å²) in [7, 11) is -0.599. The van der Waals surface area contributed by atoms with Crippen LogP contribution in [0.1, 0.15) is 33.3 Å². The number of nitrogen functional groups attached to an aromatic ring is 1. The van der Waals surface area contributed by atoms with Crippen molar-refractivity contribution in [2.75, 3.05) is 5.73 Å². The third-order valence-corrected chi connectivity index (χ3v) is 4.77. The Bertz CT molecular complexity index is 827. The van der Waals surface area contributed by atoms with E-state index in [9.17, 15) is 5.26 Å². The molecule has 0 saturated carbocycles. The number of rotatable bonds is 3. The van der Waals surface area contributed by atoms with Gasteiger partial charge >= 0.3 is 7.12 Å². The zero-order valence-corrected chi connectivity index (χ0v) is 14.9. The fourth-order valence-corrected chi connectivity index (χ4v) is 2.58. The molecular weight excluding hydrogens is 315 g/mol. The van der Waals surface area contributed by atoms with E-state index >= 15 is 0 Å². The number of para-hydroxylation sites is 1. The van der Waals surface area contributed by atoms with E-state index in [1.165, 1.54) is 0 Å². The Balaban J connectivity index is 1.99. The van der Waals surface area contributed by atoms with Crippen LogP contribution in [0.15, 0.2) is 42.5 Å². The van der Waals surface area contributed by atoms with Gasteiger partial charge < -0.3 is 19.8 Å². The van der Waals surface area contributed by atoms with Gasteiger partial charge in [-0.2, -0.15) is 5.26 Å². The maximum Gasteiger partial charge on any atom is 0.498 e. The monoisotopic (exact) mass is 336 g/mol. The van der Waals surface area contributed by atoms with Crippen LogP contribution < -0.4 is 15.9 Å². The molecule has 0 spiro atoms. The number of nitriles is 1. The highest BCUT2D eigenvalue weighted by Gasteiger charge is 2.52. The van der Waals surface area contributed by atoms with Crippen molar-refractivity contribution in [1.82, 2.24) is 0 Å². The minimum absolute atomic E-state index is 0.458. The maximum atomic E-state index is 9.26. The second-order valence-corrected chi connectivity index (χ2v) is 7.10. The van der Waals surface area contributed by atoms with Crippen molar-refractivity contribution >= 4 is 18.3 Å². The van der Waals surface area contributed by atoms with Crippen LogP contribution in [0.3, 0.4) is 0 Å². The fourth-order valence-electron chi connectivity index (χ4n) is 2.58. The van der Waals surface area contributed by atoms with Gasteiger partial charge in [-0.25, -0.2) is 0 Å². The molecule has 0 atom stereocenters. The lowest BCUT2D eigenvalue weighted by Gasteiger charge is -2.32. The molecule has 1 heterocycles. The number of anilines is 1. The fraction of sp³-hybridized carbons (Fsp3) is 0.316. The number of hydrogen-bond donors (Lipinski definition) is 1. The molecule has 25 heavy (non-hydrogen) atoms. The first-order valence-electron chi connectivity index (χ1n) is 8.15. The summed E-state index contributed by atoms with van der Waals surface area (Å²) < 4.78 is 18.2. The zero-order valence-electron chi connectivity index (χ0n) is 14.9. The molecule has 1 aliphatic rings. The second-order valence-electron chi connectivity index (χ2n) is 7.10. The van der Waals surface area contributed by atoms with E-state index in [1.54, 1.807) is 36.4 Å². The van der Waals surface area contributed by atoms with Gasteiger partial charge in [0.25, 0.3) is 0 Å². The Kier molecular flexibility index (Phi) is 4.23. The molecule has 6 heteroatoms. The predicted molar refractivity (Wildman–Crippen MR) is 97.8 cm³/mol. The van der Waals surface area contributed by atoms with Crippen molar-refractivity contribution in [3.8, 4) is 17.6 Å². The molecule has 0 amide bonds. The SMILES string of the molecule is CC1(C)OB(c2cc(N)ccc2Oc2ccccc2C#N)OC1(C)C. The summed E-state index contributed by atoms with van der Waals surface area (Å²) in [6.45, 7) is 7.96. The molecule has 0 bridgehead atoms. The molecule has 2 aromatic rings. The number of nitrogens with two attached hydrogens (primary N) is 1. The molecule has 1 fully saturated rings. The van der Waals surface area contributed by atoms with Gasteiger partial charge in [-0.3, -0.25) is 0 Å². The molecule has 2 aromatic carbocycles. The first kappa shape index (κ1) is 17.3. The highest BCUT2D eigenvalue weighted by Crippen LogP contribution is 2.37.